The molecule has 0 amide bonds. The second-order valence-corrected chi connectivity index (χ2v) is 2.65. The third-order valence-corrected chi connectivity index (χ3v) is 1.66. The van der Waals surface area contributed by atoms with Gasteiger partial charge < -0.3 is 9.47 Å². The van der Waals surface area contributed by atoms with Crippen molar-refractivity contribution in [3.63, 3.8) is 0 Å². The number of ether oxygens (including phenoxy) is 2. The summed E-state index contributed by atoms with van der Waals surface area (Å²) in [5, 5.41) is 10.3. The Kier molecular flexibility index (Phi) is 4.29. The highest BCUT2D eigenvalue weighted by molar-refractivity contribution is 5.27. The third-order valence-electron chi connectivity index (χ3n) is 1.66. The summed E-state index contributed by atoms with van der Waals surface area (Å²) >= 11 is 0. The van der Waals surface area contributed by atoms with Gasteiger partial charge in [0.2, 0.25) is 0 Å². The van der Waals surface area contributed by atoms with Crippen molar-refractivity contribution < 1.29 is 14.6 Å². The molecule has 0 saturated heterocycles. The second kappa shape index (κ2) is 5.56. The van der Waals surface area contributed by atoms with Crippen LogP contribution in [0.3, 0.4) is 0 Å². The van der Waals surface area contributed by atoms with E-state index in [2.05, 4.69) is 0 Å². The average Bonchev–Trinajstić information content (AvgIpc) is 2.17. The molecule has 0 aliphatic rings. The zero-order valence-corrected chi connectivity index (χ0v) is 7.66. The van der Waals surface area contributed by atoms with Crippen LogP contribution in [0.15, 0.2) is 24.3 Å². The van der Waals surface area contributed by atoms with Gasteiger partial charge in [-0.3, -0.25) is 0 Å². The minimum absolute atomic E-state index is 0.0712. The van der Waals surface area contributed by atoms with Crippen LogP contribution >= 0.6 is 0 Å². The molecule has 0 N–H and O–H groups in total. The molecule has 0 atom stereocenters. The lowest BCUT2D eigenvalue weighted by molar-refractivity contribution is 0.0511. The first-order valence-electron chi connectivity index (χ1n) is 4.15. The summed E-state index contributed by atoms with van der Waals surface area (Å²) in [6.45, 7) is 0.180. The Balaban J connectivity index is 2.48. The van der Waals surface area contributed by atoms with Crippen molar-refractivity contribution in [1.29, 1.82) is 0 Å². The van der Waals surface area contributed by atoms with E-state index in [-0.39, 0.29) is 13.4 Å². The molecule has 0 unspecified atom stereocenters. The Morgan fingerprint density at radius 1 is 1.23 bits per heavy atom. The van der Waals surface area contributed by atoms with Gasteiger partial charge in [0.25, 0.3) is 0 Å². The number of methoxy groups -OCH3 is 1. The van der Waals surface area contributed by atoms with Crippen molar-refractivity contribution in [2.24, 2.45) is 0 Å². The number of rotatable bonds is 5. The predicted octanol–water partition coefficient (Wildman–Crippen LogP) is 1.64. The van der Waals surface area contributed by atoms with Crippen molar-refractivity contribution in [1.82, 2.24) is 0 Å². The fraction of sp³-hybridized carbons (Fsp3) is 0.400. The lowest BCUT2D eigenvalue weighted by atomic mass is 10.1. The standard InChI is InChI=1S/C10H13O3/c1-12-8-13-10-4-2-9(3-5-10)6-7-11/h2-5H,6-8H2,1H3. The van der Waals surface area contributed by atoms with Gasteiger partial charge in [0, 0.05) is 7.11 Å². The Morgan fingerprint density at radius 3 is 2.46 bits per heavy atom. The van der Waals surface area contributed by atoms with Crippen LogP contribution in [-0.4, -0.2) is 20.5 Å². The van der Waals surface area contributed by atoms with Gasteiger partial charge in [0.15, 0.2) is 6.79 Å². The molecule has 1 rings (SSSR count). The van der Waals surface area contributed by atoms with Gasteiger partial charge in [-0.05, 0) is 24.1 Å². The third kappa shape index (κ3) is 3.44. The lowest BCUT2D eigenvalue weighted by Crippen LogP contribution is -1.98. The maximum atomic E-state index is 10.3. The first kappa shape index (κ1) is 10.0. The van der Waals surface area contributed by atoms with Crippen molar-refractivity contribution in [3.05, 3.63) is 29.8 Å². The molecule has 1 radical (unpaired) electrons. The average molecular weight is 181 g/mol. The van der Waals surface area contributed by atoms with Crippen LogP contribution in [-0.2, 0) is 16.3 Å². The molecular weight excluding hydrogens is 168 g/mol. The highest BCUT2D eigenvalue weighted by atomic mass is 16.7. The summed E-state index contributed by atoms with van der Waals surface area (Å²) in [6, 6.07) is 7.46. The summed E-state index contributed by atoms with van der Waals surface area (Å²) in [5.41, 5.74) is 1.04. The summed E-state index contributed by atoms with van der Waals surface area (Å²) in [4.78, 5) is 0. The Morgan fingerprint density at radius 2 is 1.92 bits per heavy atom. The van der Waals surface area contributed by atoms with Crippen molar-refractivity contribution in [3.8, 4) is 5.75 Å². The molecule has 0 aliphatic carbocycles. The molecule has 0 spiro atoms. The van der Waals surface area contributed by atoms with Gasteiger partial charge in [-0.1, -0.05) is 12.1 Å². The van der Waals surface area contributed by atoms with Crippen molar-refractivity contribution in [2.45, 2.75) is 6.42 Å². The fourth-order valence-electron chi connectivity index (χ4n) is 0.997. The van der Waals surface area contributed by atoms with E-state index in [1.165, 1.54) is 0 Å². The van der Waals surface area contributed by atoms with Crippen LogP contribution in [0.2, 0.25) is 0 Å². The summed E-state index contributed by atoms with van der Waals surface area (Å²) in [7, 11) is 1.58. The minimum Gasteiger partial charge on any atom is -0.468 e. The van der Waals surface area contributed by atoms with Gasteiger partial charge in [-0.15, -0.1) is 0 Å². The molecule has 0 fully saturated rings. The van der Waals surface area contributed by atoms with E-state index in [0.717, 1.165) is 11.3 Å². The van der Waals surface area contributed by atoms with Crippen molar-refractivity contribution >= 4 is 0 Å². The molecule has 71 valence electrons. The van der Waals surface area contributed by atoms with E-state index < -0.39 is 0 Å². The molecule has 0 saturated carbocycles. The zero-order valence-electron chi connectivity index (χ0n) is 7.66. The molecule has 0 heterocycles. The fourth-order valence-corrected chi connectivity index (χ4v) is 0.997. The molecule has 0 aliphatic heterocycles. The van der Waals surface area contributed by atoms with Gasteiger partial charge in [0.1, 0.15) is 5.75 Å². The van der Waals surface area contributed by atoms with E-state index in [0.29, 0.717) is 6.42 Å². The zero-order chi connectivity index (χ0) is 9.52. The summed E-state index contributed by atoms with van der Waals surface area (Å²) < 4.78 is 9.94. The summed E-state index contributed by atoms with van der Waals surface area (Å²) in [6.07, 6.45) is 0.574. The van der Waals surface area contributed by atoms with Gasteiger partial charge >= 0.3 is 0 Å². The van der Waals surface area contributed by atoms with E-state index in [1.54, 1.807) is 7.11 Å². The van der Waals surface area contributed by atoms with Crippen LogP contribution in [0.5, 0.6) is 5.75 Å². The van der Waals surface area contributed by atoms with E-state index in [1.807, 2.05) is 24.3 Å². The maximum Gasteiger partial charge on any atom is 0.188 e. The van der Waals surface area contributed by atoms with Crippen LogP contribution in [0.1, 0.15) is 5.56 Å². The van der Waals surface area contributed by atoms with E-state index >= 15 is 0 Å². The molecule has 0 bridgehead atoms. The molecule has 3 heteroatoms. The Labute approximate surface area is 77.9 Å². The van der Waals surface area contributed by atoms with Crippen LogP contribution in [0, 0.1) is 0 Å². The Bertz CT molecular complexity index is 230. The van der Waals surface area contributed by atoms with Gasteiger partial charge in [-0.25, -0.2) is 5.11 Å². The van der Waals surface area contributed by atoms with Gasteiger partial charge in [-0.2, -0.15) is 0 Å². The largest absolute Gasteiger partial charge is 0.468 e. The van der Waals surface area contributed by atoms with Crippen molar-refractivity contribution in [2.75, 3.05) is 20.5 Å². The molecular formula is C10H13O3. The predicted molar refractivity (Wildman–Crippen MR) is 48.2 cm³/mol. The monoisotopic (exact) mass is 181 g/mol. The highest BCUT2D eigenvalue weighted by Gasteiger charge is 1.94. The first-order valence-corrected chi connectivity index (χ1v) is 4.15. The molecule has 3 nitrogen and oxygen atoms in total. The number of hydrogen-bond acceptors (Lipinski definition) is 2. The minimum atomic E-state index is -0.0712. The second-order valence-electron chi connectivity index (χ2n) is 2.65. The number of hydrogen-bond donors (Lipinski definition) is 0. The van der Waals surface area contributed by atoms with Crippen LogP contribution in [0.4, 0.5) is 0 Å². The summed E-state index contributed by atoms with van der Waals surface area (Å²) in [5.74, 6) is 0.761. The Hall–Kier alpha value is -1.06. The van der Waals surface area contributed by atoms with Crippen LogP contribution < -0.4 is 4.74 Å². The SMILES string of the molecule is COCOc1ccc(CC[O])cc1. The topological polar surface area (TPSA) is 38.4 Å². The van der Waals surface area contributed by atoms with E-state index in [9.17, 15) is 5.11 Å². The molecule has 1 aromatic carbocycles. The molecule has 0 aromatic heterocycles. The quantitative estimate of drug-likeness (QED) is 0.648. The van der Waals surface area contributed by atoms with Crippen LogP contribution in [0.25, 0.3) is 0 Å². The lowest BCUT2D eigenvalue weighted by Gasteiger charge is -2.04. The normalized spacial score (nSPS) is 10.0. The first-order chi connectivity index (χ1) is 6.36. The number of benzene rings is 1. The highest BCUT2D eigenvalue weighted by Crippen LogP contribution is 2.12. The van der Waals surface area contributed by atoms with E-state index in [4.69, 9.17) is 9.47 Å². The maximum absolute atomic E-state index is 10.3. The molecule has 13 heavy (non-hydrogen) atoms. The van der Waals surface area contributed by atoms with Gasteiger partial charge in [0.05, 0.1) is 6.61 Å². The smallest absolute Gasteiger partial charge is 0.188 e. The molecule has 1 aromatic rings.